The van der Waals surface area contributed by atoms with Gasteiger partial charge < -0.3 is 9.80 Å². The lowest BCUT2D eigenvalue weighted by atomic mass is 9.96. The van der Waals surface area contributed by atoms with Crippen molar-refractivity contribution < 1.29 is 9.72 Å². The lowest BCUT2D eigenvalue weighted by Gasteiger charge is -2.31. The van der Waals surface area contributed by atoms with Gasteiger partial charge in [0.25, 0.3) is 11.6 Å². The molecule has 0 aromatic heterocycles. The van der Waals surface area contributed by atoms with Crippen molar-refractivity contribution >= 4 is 34.4 Å². The number of hydrogen-bond acceptors (Lipinski definition) is 5. The van der Waals surface area contributed by atoms with Gasteiger partial charge in [-0.3, -0.25) is 14.9 Å². The van der Waals surface area contributed by atoms with Crippen molar-refractivity contribution in [1.82, 2.24) is 4.90 Å². The fourth-order valence-electron chi connectivity index (χ4n) is 2.46. The summed E-state index contributed by atoms with van der Waals surface area (Å²) in [7, 11) is 3.62. The van der Waals surface area contributed by atoms with Crippen LogP contribution in [-0.2, 0) is 4.79 Å². The van der Waals surface area contributed by atoms with Gasteiger partial charge in [-0.2, -0.15) is 0 Å². The molecule has 122 valence electrons. The first-order valence-corrected chi connectivity index (χ1v) is 7.81. The Kier molecular flexibility index (Phi) is 5.10. The average molecular weight is 333 g/mol. The van der Waals surface area contributed by atoms with Gasteiger partial charge in [-0.05, 0) is 12.5 Å². The summed E-state index contributed by atoms with van der Waals surface area (Å²) in [5.74, 6) is -0.154. The molecule has 6 nitrogen and oxygen atoms in total. The number of unbranched alkanes of at least 4 members (excludes halogenated alkanes) is 1. The van der Waals surface area contributed by atoms with Gasteiger partial charge in [-0.1, -0.05) is 25.6 Å². The Hall–Kier alpha value is -2.28. The molecule has 2 rings (SSSR count). The number of nitrogens with zero attached hydrogens (tertiary/aromatic N) is 3. The van der Waals surface area contributed by atoms with E-state index in [-0.39, 0.29) is 11.6 Å². The van der Waals surface area contributed by atoms with Crippen LogP contribution in [0.3, 0.4) is 0 Å². The lowest BCUT2D eigenvalue weighted by molar-refractivity contribution is -0.384. The quantitative estimate of drug-likeness (QED) is 0.359. The third kappa shape index (κ3) is 3.39. The summed E-state index contributed by atoms with van der Waals surface area (Å²) in [5.41, 5.74) is 1.59. The molecule has 1 aliphatic heterocycles. The van der Waals surface area contributed by atoms with Crippen LogP contribution < -0.4 is 4.90 Å². The molecular weight excluding hydrogens is 314 g/mol. The molecule has 7 heteroatoms. The van der Waals surface area contributed by atoms with Crippen LogP contribution >= 0.6 is 12.2 Å². The van der Waals surface area contributed by atoms with E-state index in [0.717, 1.165) is 12.8 Å². The molecule has 0 saturated carbocycles. The maximum atomic E-state index is 12.8. The van der Waals surface area contributed by atoms with Crippen LogP contribution in [0.15, 0.2) is 30.0 Å². The number of non-ortho nitro benzene ring substituents is 1. The number of carbonyl (C=O) groups excluding carboxylic acids is 1. The molecular formula is C16H19N3O3S. The summed E-state index contributed by atoms with van der Waals surface area (Å²) in [6.45, 7) is 2.61. The number of nitro groups is 1. The molecule has 0 aliphatic carbocycles. The van der Waals surface area contributed by atoms with Crippen LogP contribution in [0.5, 0.6) is 0 Å². The molecule has 1 heterocycles. The normalized spacial score (nSPS) is 15.8. The van der Waals surface area contributed by atoms with Gasteiger partial charge in [0.05, 0.1) is 21.0 Å². The molecule has 1 amide bonds. The van der Waals surface area contributed by atoms with Gasteiger partial charge in [0.15, 0.2) is 0 Å². The van der Waals surface area contributed by atoms with Crippen LogP contribution in [0, 0.1) is 10.1 Å². The fraction of sp³-hybridized carbons (Fsp3) is 0.375. The second-order valence-corrected chi connectivity index (χ2v) is 6.01. The first-order chi connectivity index (χ1) is 10.9. The summed E-state index contributed by atoms with van der Waals surface area (Å²) in [4.78, 5) is 27.1. The van der Waals surface area contributed by atoms with Crippen molar-refractivity contribution in [3.8, 4) is 0 Å². The summed E-state index contributed by atoms with van der Waals surface area (Å²) in [5, 5.41) is 11.0. The first kappa shape index (κ1) is 17.1. The third-order valence-corrected chi connectivity index (χ3v) is 4.01. The van der Waals surface area contributed by atoms with Gasteiger partial charge in [0, 0.05) is 44.5 Å². The van der Waals surface area contributed by atoms with Crippen molar-refractivity contribution in [3.05, 3.63) is 45.6 Å². The van der Waals surface area contributed by atoms with Crippen molar-refractivity contribution in [3.63, 3.8) is 0 Å². The molecule has 23 heavy (non-hydrogen) atoms. The molecule has 0 saturated heterocycles. The minimum atomic E-state index is -0.453. The molecule has 0 bridgehead atoms. The smallest absolute Gasteiger partial charge is 0.270 e. The molecule has 0 unspecified atom stereocenters. The number of rotatable bonds is 5. The topological polar surface area (TPSA) is 66.7 Å². The van der Waals surface area contributed by atoms with Gasteiger partial charge in [0.1, 0.15) is 0 Å². The second-order valence-electron chi connectivity index (χ2n) is 5.60. The van der Waals surface area contributed by atoms with E-state index in [9.17, 15) is 14.9 Å². The summed E-state index contributed by atoms with van der Waals surface area (Å²) in [6.07, 6.45) is 3.47. The zero-order valence-corrected chi connectivity index (χ0v) is 14.2. The summed E-state index contributed by atoms with van der Waals surface area (Å²) < 4.78 is 0. The van der Waals surface area contributed by atoms with E-state index in [1.807, 2.05) is 21.0 Å². The predicted molar refractivity (Wildman–Crippen MR) is 93.8 cm³/mol. The standard InChI is InChI=1S/C16H19N3O3S/c1-4-5-8-18-14-7-6-11(19(21)22)9-12(14)15(23)13(16(18)20)10-17(2)3/h6-7,9-10H,4-5,8H2,1-3H3. The number of benzene rings is 1. The highest BCUT2D eigenvalue weighted by Gasteiger charge is 2.33. The van der Waals surface area contributed by atoms with E-state index in [1.54, 1.807) is 22.1 Å². The molecule has 1 aliphatic rings. The van der Waals surface area contributed by atoms with Crippen LogP contribution in [0.4, 0.5) is 11.4 Å². The molecule has 1 aromatic carbocycles. The van der Waals surface area contributed by atoms with Gasteiger partial charge in [-0.15, -0.1) is 0 Å². The fourth-order valence-corrected chi connectivity index (χ4v) is 2.77. The Morgan fingerprint density at radius 3 is 2.65 bits per heavy atom. The average Bonchev–Trinajstić information content (AvgIpc) is 2.50. The Labute approximate surface area is 140 Å². The van der Waals surface area contributed by atoms with Gasteiger partial charge >= 0.3 is 0 Å². The van der Waals surface area contributed by atoms with Gasteiger partial charge in [0.2, 0.25) is 0 Å². The second kappa shape index (κ2) is 6.87. The lowest BCUT2D eigenvalue weighted by Crippen LogP contribution is -2.40. The SMILES string of the molecule is CCCCN1C(=O)C(=CN(C)C)C(=S)c2cc([N+](=O)[O-])ccc21. The number of carbonyl (C=O) groups is 1. The summed E-state index contributed by atoms with van der Waals surface area (Å²) >= 11 is 5.42. The van der Waals surface area contributed by atoms with E-state index in [4.69, 9.17) is 12.2 Å². The van der Waals surface area contributed by atoms with Crippen LogP contribution in [0.25, 0.3) is 0 Å². The van der Waals surface area contributed by atoms with E-state index >= 15 is 0 Å². The van der Waals surface area contributed by atoms with Crippen LogP contribution in [0.1, 0.15) is 25.3 Å². The highest BCUT2D eigenvalue weighted by Crippen LogP contribution is 2.34. The minimum Gasteiger partial charge on any atom is -0.383 e. The number of nitro benzene ring substituents is 1. The maximum absolute atomic E-state index is 12.8. The zero-order chi connectivity index (χ0) is 17.1. The first-order valence-electron chi connectivity index (χ1n) is 7.40. The Balaban J connectivity index is 2.59. The van der Waals surface area contributed by atoms with E-state index in [0.29, 0.717) is 28.2 Å². The number of hydrogen-bond donors (Lipinski definition) is 0. The number of anilines is 1. The van der Waals surface area contributed by atoms with Crippen molar-refractivity contribution in [2.24, 2.45) is 0 Å². The molecule has 0 radical (unpaired) electrons. The van der Waals surface area contributed by atoms with Gasteiger partial charge in [-0.25, -0.2) is 0 Å². The summed E-state index contributed by atoms with van der Waals surface area (Å²) in [6, 6.07) is 4.47. The number of amides is 1. The molecule has 0 atom stereocenters. The third-order valence-electron chi connectivity index (χ3n) is 3.57. The predicted octanol–water partition coefficient (Wildman–Crippen LogP) is 2.91. The molecule has 0 fully saturated rings. The molecule has 1 aromatic rings. The molecule has 0 N–H and O–H groups in total. The largest absolute Gasteiger partial charge is 0.383 e. The Morgan fingerprint density at radius 2 is 2.09 bits per heavy atom. The number of thiocarbonyl (C=S) groups is 1. The number of fused-ring (bicyclic) bond motifs is 1. The van der Waals surface area contributed by atoms with Crippen molar-refractivity contribution in [2.75, 3.05) is 25.5 Å². The van der Waals surface area contributed by atoms with E-state index < -0.39 is 4.92 Å². The van der Waals surface area contributed by atoms with Crippen molar-refractivity contribution in [2.45, 2.75) is 19.8 Å². The Morgan fingerprint density at radius 1 is 1.39 bits per heavy atom. The van der Waals surface area contributed by atoms with E-state index in [2.05, 4.69) is 0 Å². The van der Waals surface area contributed by atoms with Crippen LogP contribution in [-0.4, -0.2) is 41.2 Å². The van der Waals surface area contributed by atoms with Crippen LogP contribution in [0.2, 0.25) is 0 Å². The van der Waals surface area contributed by atoms with Crippen molar-refractivity contribution in [1.29, 1.82) is 0 Å². The monoisotopic (exact) mass is 333 g/mol. The highest BCUT2D eigenvalue weighted by molar-refractivity contribution is 7.81. The minimum absolute atomic E-state index is 0.0277. The van der Waals surface area contributed by atoms with E-state index in [1.165, 1.54) is 12.1 Å². The molecule has 0 spiro atoms. The highest BCUT2D eigenvalue weighted by atomic mass is 32.1. The maximum Gasteiger partial charge on any atom is 0.270 e. The zero-order valence-electron chi connectivity index (χ0n) is 13.4. The Bertz CT molecular complexity index is 698.